The van der Waals surface area contributed by atoms with Crippen molar-refractivity contribution >= 4 is 11.4 Å². The molecule has 0 saturated heterocycles. The van der Waals surface area contributed by atoms with Gasteiger partial charge in [0, 0.05) is 0 Å². The normalized spacial score (nSPS) is 11.2. The summed E-state index contributed by atoms with van der Waals surface area (Å²) in [5.41, 5.74) is 6.59. The summed E-state index contributed by atoms with van der Waals surface area (Å²) in [6.07, 6.45) is 0. The van der Waals surface area contributed by atoms with Gasteiger partial charge >= 0.3 is 5.69 Å². The van der Waals surface area contributed by atoms with Gasteiger partial charge in [-0.1, -0.05) is 39.0 Å². The largest absolute Gasteiger partial charge is 0.450 e. The van der Waals surface area contributed by atoms with Crippen molar-refractivity contribution < 1.29 is 9.66 Å². The molecule has 2 aromatic carbocycles. The van der Waals surface area contributed by atoms with Gasteiger partial charge in [0.05, 0.1) is 4.92 Å². The van der Waals surface area contributed by atoms with Crippen LogP contribution in [0.25, 0.3) is 0 Å². The lowest BCUT2D eigenvalue weighted by molar-refractivity contribution is -0.384. The molecule has 5 heteroatoms. The Kier molecular flexibility index (Phi) is 3.84. The molecule has 2 N–H and O–H groups in total. The number of hydrogen-bond donors (Lipinski definition) is 1. The van der Waals surface area contributed by atoms with E-state index in [2.05, 4.69) is 20.8 Å². The first-order valence-corrected chi connectivity index (χ1v) is 6.60. The molecule has 0 atom stereocenters. The highest BCUT2D eigenvalue weighted by molar-refractivity contribution is 5.66. The van der Waals surface area contributed by atoms with E-state index in [9.17, 15) is 10.1 Å². The van der Waals surface area contributed by atoms with E-state index in [-0.39, 0.29) is 22.5 Å². The Morgan fingerprint density at radius 3 is 2.43 bits per heavy atom. The number of ether oxygens (including phenoxy) is 1. The lowest BCUT2D eigenvalue weighted by atomic mass is 9.87. The topological polar surface area (TPSA) is 78.4 Å². The van der Waals surface area contributed by atoms with Gasteiger partial charge in [-0.25, -0.2) is 0 Å². The molecule has 0 aromatic heterocycles. The maximum atomic E-state index is 11.1. The molecule has 0 bridgehead atoms. The highest BCUT2D eigenvalue weighted by atomic mass is 16.6. The average Bonchev–Trinajstić information content (AvgIpc) is 2.37. The molecule has 0 aliphatic heterocycles. The number of nitro groups is 1. The van der Waals surface area contributed by atoms with E-state index >= 15 is 0 Å². The van der Waals surface area contributed by atoms with Crippen molar-refractivity contribution in [2.45, 2.75) is 26.2 Å². The first-order valence-electron chi connectivity index (χ1n) is 6.60. The van der Waals surface area contributed by atoms with E-state index in [0.29, 0.717) is 5.75 Å². The van der Waals surface area contributed by atoms with Crippen LogP contribution in [0.4, 0.5) is 11.4 Å². The molecular formula is C16H18N2O3. The lowest BCUT2D eigenvalue weighted by Gasteiger charge is -2.19. The van der Waals surface area contributed by atoms with Crippen LogP contribution in [0.3, 0.4) is 0 Å². The molecule has 0 unspecified atom stereocenters. The number of nitrogen functional groups attached to an aromatic ring is 1. The fraction of sp³-hybridized carbons (Fsp3) is 0.250. The van der Waals surface area contributed by atoms with Crippen molar-refractivity contribution in [3.63, 3.8) is 0 Å². The quantitative estimate of drug-likeness (QED) is 0.519. The molecule has 0 saturated carbocycles. The van der Waals surface area contributed by atoms with Crippen LogP contribution in [0, 0.1) is 10.1 Å². The van der Waals surface area contributed by atoms with Crippen LogP contribution in [-0.4, -0.2) is 4.92 Å². The maximum Gasteiger partial charge on any atom is 0.334 e. The maximum absolute atomic E-state index is 11.1. The van der Waals surface area contributed by atoms with E-state index in [0.717, 1.165) is 5.56 Å². The standard InChI is InChI=1S/C16H18N2O3/c1-16(2,3)11-6-4-7-12(10-11)21-14-9-5-8-13(17)15(14)18(19)20/h4-10H,17H2,1-3H3. The van der Waals surface area contributed by atoms with Crippen LogP contribution in [0.2, 0.25) is 0 Å². The Morgan fingerprint density at radius 2 is 1.81 bits per heavy atom. The third kappa shape index (κ3) is 3.31. The van der Waals surface area contributed by atoms with Crippen molar-refractivity contribution in [1.82, 2.24) is 0 Å². The van der Waals surface area contributed by atoms with E-state index in [1.165, 1.54) is 12.1 Å². The van der Waals surface area contributed by atoms with Crippen molar-refractivity contribution in [3.8, 4) is 11.5 Å². The summed E-state index contributed by atoms with van der Waals surface area (Å²) in [6, 6.07) is 12.2. The SMILES string of the molecule is CC(C)(C)c1cccc(Oc2cccc(N)c2[N+](=O)[O-])c1. The van der Waals surface area contributed by atoms with Crippen molar-refractivity contribution in [2.75, 3.05) is 5.73 Å². The van der Waals surface area contributed by atoms with Crippen molar-refractivity contribution in [3.05, 3.63) is 58.1 Å². The molecular weight excluding hydrogens is 268 g/mol. The summed E-state index contributed by atoms with van der Waals surface area (Å²) >= 11 is 0. The second-order valence-corrected chi connectivity index (χ2v) is 5.83. The summed E-state index contributed by atoms with van der Waals surface area (Å²) in [5.74, 6) is 0.696. The third-order valence-electron chi connectivity index (χ3n) is 3.14. The smallest absolute Gasteiger partial charge is 0.334 e. The Hall–Kier alpha value is -2.56. The average molecular weight is 286 g/mol. The van der Waals surface area contributed by atoms with E-state index in [1.807, 2.05) is 18.2 Å². The van der Waals surface area contributed by atoms with Crippen LogP contribution in [-0.2, 0) is 5.41 Å². The van der Waals surface area contributed by atoms with Gasteiger partial charge in [0.25, 0.3) is 0 Å². The van der Waals surface area contributed by atoms with Crippen LogP contribution >= 0.6 is 0 Å². The first-order chi connectivity index (χ1) is 9.79. The second-order valence-electron chi connectivity index (χ2n) is 5.83. The van der Waals surface area contributed by atoms with E-state index in [1.54, 1.807) is 12.1 Å². The molecule has 0 heterocycles. The van der Waals surface area contributed by atoms with Crippen LogP contribution in [0.1, 0.15) is 26.3 Å². The van der Waals surface area contributed by atoms with Gasteiger partial charge in [0.1, 0.15) is 11.4 Å². The number of nitrogens with zero attached hydrogens (tertiary/aromatic N) is 1. The summed E-state index contributed by atoms with van der Waals surface area (Å²) in [6.45, 7) is 6.28. The highest BCUT2D eigenvalue weighted by Crippen LogP contribution is 2.36. The second kappa shape index (κ2) is 5.44. The monoisotopic (exact) mass is 286 g/mol. The number of hydrogen-bond acceptors (Lipinski definition) is 4. The number of rotatable bonds is 3. The third-order valence-corrected chi connectivity index (χ3v) is 3.14. The molecule has 110 valence electrons. The zero-order valence-corrected chi connectivity index (χ0v) is 12.3. The molecule has 5 nitrogen and oxygen atoms in total. The molecule has 0 aliphatic carbocycles. The first kappa shape index (κ1) is 14.8. The Bertz CT molecular complexity index is 675. The van der Waals surface area contributed by atoms with Gasteiger partial charge in [-0.05, 0) is 35.2 Å². The number of nitrogens with two attached hydrogens (primary N) is 1. The molecule has 2 aromatic rings. The number of para-hydroxylation sites is 1. The number of anilines is 1. The molecule has 0 fully saturated rings. The summed E-state index contributed by atoms with van der Waals surface area (Å²) in [7, 11) is 0. The minimum absolute atomic E-state index is 0.0268. The van der Waals surface area contributed by atoms with Gasteiger partial charge < -0.3 is 10.5 Å². The van der Waals surface area contributed by atoms with Gasteiger partial charge in [-0.15, -0.1) is 0 Å². The van der Waals surface area contributed by atoms with Gasteiger partial charge in [0.2, 0.25) is 5.75 Å². The summed E-state index contributed by atoms with van der Waals surface area (Å²) < 4.78 is 5.67. The van der Waals surface area contributed by atoms with Crippen LogP contribution < -0.4 is 10.5 Å². The fourth-order valence-corrected chi connectivity index (χ4v) is 1.97. The number of nitro benzene ring substituents is 1. The van der Waals surface area contributed by atoms with Gasteiger partial charge in [-0.2, -0.15) is 0 Å². The van der Waals surface area contributed by atoms with Gasteiger partial charge in [0.15, 0.2) is 0 Å². The molecule has 2 rings (SSSR count). The molecule has 0 radical (unpaired) electrons. The van der Waals surface area contributed by atoms with Crippen LogP contribution in [0.15, 0.2) is 42.5 Å². The molecule has 0 amide bonds. The fourth-order valence-electron chi connectivity index (χ4n) is 1.97. The highest BCUT2D eigenvalue weighted by Gasteiger charge is 2.20. The zero-order chi connectivity index (χ0) is 15.6. The Morgan fingerprint density at radius 1 is 1.14 bits per heavy atom. The van der Waals surface area contributed by atoms with Crippen molar-refractivity contribution in [1.29, 1.82) is 0 Å². The molecule has 21 heavy (non-hydrogen) atoms. The lowest BCUT2D eigenvalue weighted by Crippen LogP contribution is -2.10. The Labute approximate surface area is 123 Å². The van der Waals surface area contributed by atoms with Crippen molar-refractivity contribution in [2.24, 2.45) is 0 Å². The summed E-state index contributed by atoms with van der Waals surface area (Å²) in [5, 5.41) is 11.1. The van der Waals surface area contributed by atoms with Gasteiger partial charge in [-0.3, -0.25) is 10.1 Å². The van der Waals surface area contributed by atoms with Crippen LogP contribution in [0.5, 0.6) is 11.5 Å². The number of benzene rings is 2. The minimum Gasteiger partial charge on any atom is -0.450 e. The zero-order valence-electron chi connectivity index (χ0n) is 12.3. The predicted molar refractivity (Wildman–Crippen MR) is 82.7 cm³/mol. The predicted octanol–water partition coefficient (Wildman–Crippen LogP) is 4.27. The minimum atomic E-state index is -0.529. The summed E-state index contributed by atoms with van der Waals surface area (Å²) in [4.78, 5) is 10.6. The molecule has 0 spiro atoms. The van der Waals surface area contributed by atoms with E-state index < -0.39 is 4.92 Å². The molecule has 0 aliphatic rings. The Balaban J connectivity index is 2.40. The van der Waals surface area contributed by atoms with E-state index in [4.69, 9.17) is 10.5 Å².